The zero-order valence-corrected chi connectivity index (χ0v) is 7.63. The zero-order valence-electron chi connectivity index (χ0n) is 6.81. The quantitative estimate of drug-likeness (QED) is 0.611. The second-order valence-electron chi connectivity index (χ2n) is 2.80. The van der Waals surface area contributed by atoms with E-state index in [0.717, 1.165) is 0 Å². The molecule has 0 aliphatic carbocycles. The number of thioether (sulfide) groups is 1. The largest absolute Gasteiger partial charge is 0.441 e. The van der Waals surface area contributed by atoms with E-state index in [2.05, 4.69) is 4.74 Å². The molecule has 0 radical (unpaired) electrons. The number of hydrogen-bond acceptors (Lipinski definition) is 5. The minimum atomic E-state index is -4.42. The third-order valence-corrected chi connectivity index (χ3v) is 2.57. The number of halogens is 3. The second kappa shape index (κ2) is 4.23. The van der Waals surface area contributed by atoms with Gasteiger partial charge in [-0.25, -0.2) is 0 Å². The molecule has 1 fully saturated rings. The van der Waals surface area contributed by atoms with Gasteiger partial charge in [0.25, 0.3) is 0 Å². The lowest BCUT2D eigenvalue weighted by Gasteiger charge is -2.14. The van der Waals surface area contributed by atoms with E-state index in [9.17, 15) is 13.2 Å². The van der Waals surface area contributed by atoms with Crippen LogP contribution in [0.2, 0.25) is 0 Å². The Morgan fingerprint density at radius 1 is 1.14 bits per heavy atom. The molecule has 0 aromatic carbocycles. The Kier molecular flexibility index (Phi) is 3.64. The third kappa shape index (κ3) is 2.99. The molecule has 0 aromatic heterocycles. The predicted molar refractivity (Wildman–Crippen MR) is 41.4 cm³/mol. The molecule has 0 saturated carbocycles. The van der Waals surface area contributed by atoms with Gasteiger partial charge < -0.3 is 20.1 Å². The van der Waals surface area contributed by atoms with E-state index >= 15 is 0 Å². The normalized spacial score (nSPS) is 39.0. The first-order chi connectivity index (χ1) is 6.31. The first-order valence-corrected chi connectivity index (χ1v) is 4.70. The molecule has 1 saturated heterocycles. The van der Waals surface area contributed by atoms with E-state index in [0.29, 0.717) is 0 Å². The molecule has 0 amide bonds. The summed E-state index contributed by atoms with van der Waals surface area (Å²) in [6, 6.07) is 0. The maximum atomic E-state index is 11.7. The number of ether oxygens (including phenoxy) is 1. The van der Waals surface area contributed by atoms with Crippen molar-refractivity contribution in [2.24, 2.45) is 0 Å². The molecule has 4 nitrogen and oxygen atoms in total. The van der Waals surface area contributed by atoms with Crippen molar-refractivity contribution < 1.29 is 33.2 Å². The smallest absolute Gasteiger partial charge is 0.387 e. The lowest BCUT2D eigenvalue weighted by atomic mass is 10.2. The molecule has 4 atom stereocenters. The average Bonchev–Trinajstić information content (AvgIpc) is 2.28. The van der Waals surface area contributed by atoms with Crippen LogP contribution in [0.1, 0.15) is 0 Å². The summed E-state index contributed by atoms with van der Waals surface area (Å²) in [6.07, 6.45) is -5.86. The van der Waals surface area contributed by atoms with Gasteiger partial charge in [0.15, 0.2) is 6.29 Å². The first-order valence-electron chi connectivity index (χ1n) is 3.71. The Bertz CT molecular complexity index is 200. The van der Waals surface area contributed by atoms with Gasteiger partial charge in [-0.1, -0.05) is 0 Å². The van der Waals surface area contributed by atoms with Crippen LogP contribution >= 0.6 is 11.8 Å². The summed E-state index contributed by atoms with van der Waals surface area (Å²) in [6.45, 7) is 0. The Morgan fingerprint density at radius 3 is 2.07 bits per heavy atom. The number of hydrogen-bond donors (Lipinski definition) is 3. The van der Waals surface area contributed by atoms with Crippen LogP contribution in [-0.4, -0.2) is 51.2 Å². The molecule has 1 aliphatic heterocycles. The maximum absolute atomic E-state index is 11.7. The van der Waals surface area contributed by atoms with Gasteiger partial charge in [-0.05, 0) is 11.8 Å². The molecule has 0 bridgehead atoms. The average molecular weight is 234 g/mol. The molecular formula is C6H9F3O4S. The second-order valence-corrected chi connectivity index (χ2v) is 3.89. The highest BCUT2D eigenvalue weighted by Crippen LogP contribution is 2.33. The molecule has 4 unspecified atom stereocenters. The van der Waals surface area contributed by atoms with Crippen LogP contribution in [0.25, 0.3) is 0 Å². The number of alkyl halides is 3. The third-order valence-electron chi connectivity index (χ3n) is 1.75. The van der Waals surface area contributed by atoms with Crippen LogP contribution in [0.15, 0.2) is 0 Å². The molecule has 84 valence electrons. The minimum absolute atomic E-state index is 0.369. The predicted octanol–water partition coefficient (Wildman–Crippen LogP) is -0.322. The fraction of sp³-hybridized carbons (Fsp3) is 1.00. The van der Waals surface area contributed by atoms with E-state index in [1.807, 2.05) is 0 Å². The van der Waals surface area contributed by atoms with Crippen molar-refractivity contribution in [3.05, 3.63) is 0 Å². The van der Waals surface area contributed by atoms with Crippen LogP contribution in [0, 0.1) is 0 Å². The van der Waals surface area contributed by atoms with Crippen molar-refractivity contribution in [3.8, 4) is 0 Å². The van der Waals surface area contributed by atoms with E-state index in [-0.39, 0.29) is 11.8 Å². The van der Waals surface area contributed by atoms with Crippen LogP contribution < -0.4 is 0 Å². The first kappa shape index (κ1) is 12.1. The lowest BCUT2D eigenvalue weighted by molar-refractivity contribution is -0.123. The molecule has 1 aliphatic rings. The maximum Gasteiger partial charge on any atom is 0.441 e. The molecular weight excluding hydrogens is 225 g/mol. The molecule has 8 heteroatoms. The lowest BCUT2D eigenvalue weighted by Crippen LogP contribution is -2.33. The fourth-order valence-electron chi connectivity index (χ4n) is 1.04. The summed E-state index contributed by atoms with van der Waals surface area (Å²) < 4.78 is 39.7. The Balaban J connectivity index is 2.40. The van der Waals surface area contributed by atoms with Crippen molar-refractivity contribution in [3.63, 3.8) is 0 Å². The van der Waals surface area contributed by atoms with Crippen molar-refractivity contribution >= 4 is 11.8 Å². The standard InChI is InChI=1S/C6H9F3O4S/c7-6(8,9)14-1-2-3(10)4(11)5(12)13-2/h2-5,10-12H,1H2. The Labute approximate surface area is 81.7 Å². The summed E-state index contributed by atoms with van der Waals surface area (Å²) in [5, 5.41) is 26.9. The van der Waals surface area contributed by atoms with Crippen LogP contribution in [0.5, 0.6) is 0 Å². The highest BCUT2D eigenvalue weighted by molar-refractivity contribution is 8.00. The zero-order chi connectivity index (χ0) is 10.9. The molecule has 0 aromatic rings. The summed E-state index contributed by atoms with van der Waals surface area (Å²) in [4.78, 5) is 0. The molecule has 1 heterocycles. The van der Waals surface area contributed by atoms with Crippen molar-refractivity contribution in [2.75, 3.05) is 5.75 Å². The molecule has 0 spiro atoms. The van der Waals surface area contributed by atoms with Gasteiger partial charge in [-0.15, -0.1) is 0 Å². The highest BCUT2D eigenvalue weighted by atomic mass is 32.2. The van der Waals surface area contributed by atoms with Crippen LogP contribution in [0.4, 0.5) is 13.2 Å². The summed E-state index contributed by atoms with van der Waals surface area (Å²) in [5.74, 6) is -0.557. The highest BCUT2D eigenvalue weighted by Gasteiger charge is 2.43. The summed E-state index contributed by atoms with van der Waals surface area (Å²) in [7, 11) is 0. The van der Waals surface area contributed by atoms with Crippen molar-refractivity contribution in [2.45, 2.75) is 30.1 Å². The van der Waals surface area contributed by atoms with Gasteiger partial charge in [-0.2, -0.15) is 13.2 Å². The Morgan fingerprint density at radius 2 is 1.71 bits per heavy atom. The SMILES string of the molecule is OC1OC(CSC(F)(F)F)C(O)C1O. The van der Waals surface area contributed by atoms with E-state index in [4.69, 9.17) is 15.3 Å². The Hall–Kier alpha value is -0.0200. The fourth-order valence-corrected chi connectivity index (χ4v) is 1.67. The van der Waals surface area contributed by atoms with Gasteiger partial charge >= 0.3 is 5.51 Å². The van der Waals surface area contributed by atoms with E-state index < -0.39 is 35.9 Å². The van der Waals surface area contributed by atoms with Crippen molar-refractivity contribution in [1.82, 2.24) is 0 Å². The van der Waals surface area contributed by atoms with Gasteiger partial charge in [0, 0.05) is 5.75 Å². The summed E-state index contributed by atoms with van der Waals surface area (Å²) in [5.41, 5.74) is -4.42. The monoisotopic (exact) mass is 234 g/mol. The van der Waals surface area contributed by atoms with Crippen molar-refractivity contribution in [1.29, 1.82) is 0 Å². The van der Waals surface area contributed by atoms with Crippen LogP contribution in [0.3, 0.4) is 0 Å². The van der Waals surface area contributed by atoms with Gasteiger partial charge in [0.05, 0.1) is 6.10 Å². The van der Waals surface area contributed by atoms with E-state index in [1.54, 1.807) is 0 Å². The molecule has 3 N–H and O–H groups in total. The molecule has 14 heavy (non-hydrogen) atoms. The number of aliphatic hydroxyl groups excluding tert-OH is 3. The van der Waals surface area contributed by atoms with Crippen LogP contribution in [-0.2, 0) is 4.74 Å². The number of rotatable bonds is 2. The van der Waals surface area contributed by atoms with Gasteiger partial charge in [0.2, 0.25) is 0 Å². The molecule has 1 rings (SSSR count). The summed E-state index contributed by atoms with van der Waals surface area (Å²) >= 11 is -0.369. The topological polar surface area (TPSA) is 69.9 Å². The van der Waals surface area contributed by atoms with E-state index in [1.165, 1.54) is 0 Å². The van der Waals surface area contributed by atoms with Gasteiger partial charge in [0.1, 0.15) is 12.2 Å². The number of aliphatic hydroxyl groups is 3. The minimum Gasteiger partial charge on any atom is -0.387 e. The van der Waals surface area contributed by atoms with Gasteiger partial charge in [-0.3, -0.25) is 0 Å².